The quantitative estimate of drug-likeness (QED) is 0.0927. The van der Waals surface area contributed by atoms with E-state index in [0.717, 1.165) is 6.42 Å². The van der Waals surface area contributed by atoms with Crippen molar-refractivity contribution in [3.8, 4) is 0 Å². The van der Waals surface area contributed by atoms with Crippen LogP contribution in [0.25, 0.3) is 0 Å². The van der Waals surface area contributed by atoms with Crippen molar-refractivity contribution in [3.63, 3.8) is 0 Å². The maximum atomic E-state index is 4.37. The van der Waals surface area contributed by atoms with Crippen LogP contribution in [-0.2, 0) is 5.16 Å². The van der Waals surface area contributed by atoms with Gasteiger partial charge in [0.2, 0.25) is 6.71 Å². The third-order valence-electron chi connectivity index (χ3n) is 8.24. The summed E-state index contributed by atoms with van der Waals surface area (Å²) in [6.45, 7) is 6.49. The Labute approximate surface area is 266 Å². The van der Waals surface area contributed by atoms with E-state index in [-0.39, 0.29) is 5.16 Å². The summed E-state index contributed by atoms with van der Waals surface area (Å²) in [6.07, 6.45) is 8.33. The summed E-state index contributed by atoms with van der Waals surface area (Å²) in [5.41, 5.74) is 8.00. The highest BCUT2D eigenvalue weighted by molar-refractivity contribution is 6.95. The van der Waals surface area contributed by atoms with E-state index in [1.807, 2.05) is 12.5 Å². The van der Waals surface area contributed by atoms with Gasteiger partial charge >= 0.3 is 0 Å². The number of hydrogen-bond acceptors (Lipinski definition) is 1. The Kier molecular flexibility index (Phi) is 11.0. The molecule has 6 rings (SSSR count). The van der Waals surface area contributed by atoms with E-state index in [1.54, 1.807) is 0 Å². The molecule has 0 radical (unpaired) electrons. The Morgan fingerprint density at radius 3 is 1.43 bits per heavy atom. The fraction of sp³-hybridized carbons (Fsp3) is 0.125. The average Bonchev–Trinajstić information content (AvgIpc) is 3.63. The number of rotatable bonds is 11. The Morgan fingerprint density at radius 2 is 1.07 bits per heavy atom. The summed E-state index contributed by atoms with van der Waals surface area (Å²) < 4.78 is 2.32. The lowest BCUT2D eigenvalue weighted by molar-refractivity contribution is 0.588. The molecule has 0 unspecified atom stereocenters. The van der Waals surface area contributed by atoms with Crippen LogP contribution in [0.15, 0.2) is 183 Å². The Morgan fingerprint density at radius 1 is 0.659 bits per heavy atom. The summed E-state index contributed by atoms with van der Waals surface area (Å²) >= 11 is 0. The maximum Gasteiger partial charge on any atom is 0.241 e. The Balaban J connectivity index is 0.000000181. The van der Waals surface area contributed by atoms with Crippen LogP contribution in [0.4, 0.5) is 0 Å². The fourth-order valence-corrected chi connectivity index (χ4v) is 8.62. The van der Waals surface area contributed by atoms with Crippen molar-refractivity contribution in [2.45, 2.75) is 31.0 Å². The molecule has 0 amide bonds. The van der Waals surface area contributed by atoms with Crippen molar-refractivity contribution in [2.24, 2.45) is 0 Å². The molecular weight excluding hydrogens is 547 g/mol. The van der Waals surface area contributed by atoms with Crippen molar-refractivity contribution in [1.29, 1.82) is 0 Å². The largest absolute Gasteiger partial charge is 0.327 e. The van der Waals surface area contributed by atoms with E-state index in [2.05, 4.69) is 181 Å². The van der Waals surface area contributed by atoms with Gasteiger partial charge in [0.15, 0.2) is 0 Å². The normalized spacial score (nSPS) is 11.1. The number of nitrogens with zero attached hydrogens (tertiary/aromatic N) is 2. The molecule has 4 heteroatoms. The molecule has 0 fully saturated rings. The van der Waals surface area contributed by atoms with E-state index in [1.165, 1.54) is 45.6 Å². The van der Waals surface area contributed by atoms with Gasteiger partial charge in [0.25, 0.3) is 0 Å². The first-order valence-corrected chi connectivity index (χ1v) is 17.3. The molecule has 6 aromatic rings. The van der Waals surface area contributed by atoms with Crippen LogP contribution < -0.4 is 16.4 Å². The van der Waals surface area contributed by atoms with E-state index in [4.69, 9.17) is 0 Å². The third-order valence-corrected chi connectivity index (χ3v) is 11.0. The zero-order valence-electron chi connectivity index (χ0n) is 25.7. The summed E-state index contributed by atoms with van der Waals surface area (Å²) in [7, 11) is -0.508. The lowest BCUT2D eigenvalue weighted by atomic mass is 9.37. The second kappa shape index (κ2) is 15.7. The Bertz CT molecular complexity index is 1520. The second-order valence-electron chi connectivity index (χ2n) is 11.4. The number of benzene rings is 5. The molecule has 0 N–H and O–H groups in total. The van der Waals surface area contributed by atoms with Gasteiger partial charge in [0, 0.05) is 12.4 Å². The molecule has 1 aromatic heterocycles. The molecule has 44 heavy (non-hydrogen) atoms. The summed E-state index contributed by atoms with van der Waals surface area (Å²) in [5.74, 6) is 0. The maximum absolute atomic E-state index is 4.37. The fourth-order valence-electron chi connectivity index (χ4n) is 6.12. The topological polar surface area (TPSA) is 17.8 Å². The van der Waals surface area contributed by atoms with Crippen molar-refractivity contribution in [1.82, 2.24) is 9.55 Å². The van der Waals surface area contributed by atoms with Gasteiger partial charge in [-0.2, -0.15) is 0 Å². The Hall–Kier alpha value is -4.67. The van der Waals surface area contributed by atoms with E-state index >= 15 is 0 Å². The molecule has 1 heterocycles. The molecule has 0 aliphatic heterocycles. The molecule has 0 atom stereocenters. The van der Waals surface area contributed by atoms with Crippen LogP contribution >= 0.6 is 0 Å². The minimum Gasteiger partial charge on any atom is -0.327 e. The molecule has 0 saturated heterocycles. The van der Waals surface area contributed by atoms with Gasteiger partial charge in [0.1, 0.15) is 0 Å². The highest BCUT2D eigenvalue weighted by Gasteiger charge is 2.35. The number of hydrogen-bond donors (Lipinski definition) is 0. The van der Waals surface area contributed by atoms with Crippen molar-refractivity contribution < 1.29 is 0 Å². The van der Waals surface area contributed by atoms with Crippen molar-refractivity contribution in [2.75, 3.05) is 0 Å². The van der Waals surface area contributed by atoms with Gasteiger partial charge in [-0.1, -0.05) is 186 Å². The van der Waals surface area contributed by atoms with Gasteiger partial charge in [0.05, 0.1) is 21.0 Å². The molecular formula is C40H41BN2Si. The lowest BCUT2D eigenvalue weighted by Crippen LogP contribution is -2.51. The van der Waals surface area contributed by atoms with E-state index in [0.29, 0.717) is 6.71 Å². The molecule has 0 saturated carbocycles. The predicted molar refractivity (Wildman–Crippen MR) is 193 cm³/mol. The molecule has 0 aliphatic rings. The number of allylic oxidation sites excluding steroid dienone is 1. The zero-order valence-corrected chi connectivity index (χ0v) is 27.1. The van der Waals surface area contributed by atoms with Crippen LogP contribution in [0.5, 0.6) is 0 Å². The molecule has 0 bridgehead atoms. The molecule has 0 aliphatic carbocycles. The SMILES string of the molecule is C=C(C)CCC[SiH2]C(c1ccccc1)(c1ccccc1)n1ccnc1.c1ccc(B(c2ccccc2)c2ccccc2)cc1. The van der Waals surface area contributed by atoms with Gasteiger partial charge in [-0.3, -0.25) is 0 Å². The van der Waals surface area contributed by atoms with Crippen LogP contribution in [0, 0.1) is 0 Å². The van der Waals surface area contributed by atoms with Crippen molar-refractivity contribution in [3.05, 3.63) is 194 Å². The predicted octanol–water partition coefficient (Wildman–Crippen LogP) is 6.78. The van der Waals surface area contributed by atoms with Crippen LogP contribution in [0.1, 0.15) is 30.9 Å². The minimum absolute atomic E-state index is 0.0892. The van der Waals surface area contributed by atoms with Crippen LogP contribution in [0.3, 0.4) is 0 Å². The first-order chi connectivity index (χ1) is 21.7. The standard InChI is InChI=1S/C22H26N2Si.C18H15B/c1-19(2)10-9-17-25-22(24-16-15-23-18-24,20-11-5-3-6-12-20)21-13-7-4-8-14-21;1-4-10-16(11-5-1)19(17-12-6-2-7-13-17)18-14-8-3-9-15-18/h3-8,11-16,18H,1,9-10,17,25H2,2H3;1-15H. The summed E-state index contributed by atoms with van der Waals surface area (Å²) in [6, 6.07) is 55.1. The van der Waals surface area contributed by atoms with E-state index < -0.39 is 9.52 Å². The van der Waals surface area contributed by atoms with Crippen LogP contribution in [0.2, 0.25) is 6.04 Å². The number of imidazole rings is 1. The first kappa shape index (κ1) is 30.8. The van der Waals surface area contributed by atoms with Gasteiger partial charge in [-0.05, 0) is 24.5 Å². The summed E-state index contributed by atoms with van der Waals surface area (Å²) in [4.78, 5) is 4.37. The first-order valence-electron chi connectivity index (χ1n) is 15.6. The molecule has 5 aromatic carbocycles. The van der Waals surface area contributed by atoms with Gasteiger partial charge in [-0.25, -0.2) is 4.98 Å². The van der Waals surface area contributed by atoms with Gasteiger partial charge in [-0.15, -0.1) is 6.58 Å². The van der Waals surface area contributed by atoms with Gasteiger partial charge < -0.3 is 4.57 Å². The minimum atomic E-state index is -0.508. The van der Waals surface area contributed by atoms with Crippen LogP contribution in [-0.4, -0.2) is 25.8 Å². The molecule has 2 nitrogen and oxygen atoms in total. The third kappa shape index (κ3) is 7.64. The summed E-state index contributed by atoms with van der Waals surface area (Å²) in [5, 5.41) is -0.0892. The average molecular weight is 589 g/mol. The van der Waals surface area contributed by atoms with Crippen molar-refractivity contribution >= 4 is 32.6 Å². The zero-order chi connectivity index (χ0) is 30.5. The molecule has 0 spiro atoms. The highest BCUT2D eigenvalue weighted by Crippen LogP contribution is 2.34. The highest BCUT2D eigenvalue weighted by atomic mass is 28.2. The van der Waals surface area contributed by atoms with E-state index in [9.17, 15) is 0 Å². The smallest absolute Gasteiger partial charge is 0.241 e. The number of aromatic nitrogens is 2. The molecule has 218 valence electrons. The monoisotopic (exact) mass is 588 g/mol. The lowest BCUT2D eigenvalue weighted by Gasteiger charge is -2.37. The second-order valence-corrected chi connectivity index (χ2v) is 13.6.